The van der Waals surface area contributed by atoms with Crippen LogP contribution in [0.25, 0.3) is 0 Å². The zero-order valence-electron chi connectivity index (χ0n) is 11.7. The number of methoxy groups -OCH3 is 1. The smallest absolute Gasteiger partial charge is 0.120 e. The molecule has 2 aromatic rings. The van der Waals surface area contributed by atoms with Crippen LogP contribution in [0.3, 0.4) is 0 Å². The number of nitrogens with one attached hydrogen (secondary N) is 1. The van der Waals surface area contributed by atoms with Crippen molar-refractivity contribution in [2.75, 3.05) is 12.4 Å². The Kier molecular flexibility index (Phi) is 3.61. The molecule has 0 saturated carbocycles. The van der Waals surface area contributed by atoms with Crippen LogP contribution in [0.1, 0.15) is 17.5 Å². The van der Waals surface area contributed by atoms with E-state index in [0.717, 1.165) is 36.4 Å². The molecule has 0 aromatic heterocycles. The van der Waals surface area contributed by atoms with Crippen molar-refractivity contribution in [3.8, 4) is 5.75 Å². The largest absolute Gasteiger partial charge is 0.497 e. The van der Waals surface area contributed by atoms with Crippen LogP contribution >= 0.6 is 0 Å². The Bertz CT molecular complexity index is 610. The molecule has 0 radical (unpaired) electrons. The van der Waals surface area contributed by atoms with Crippen molar-refractivity contribution >= 4 is 11.4 Å². The van der Waals surface area contributed by atoms with Crippen molar-refractivity contribution in [2.45, 2.75) is 25.3 Å². The molecule has 1 atom stereocenters. The van der Waals surface area contributed by atoms with Gasteiger partial charge in [0.15, 0.2) is 0 Å². The molecule has 0 bridgehead atoms. The van der Waals surface area contributed by atoms with Crippen LogP contribution in [0.15, 0.2) is 42.5 Å². The summed E-state index contributed by atoms with van der Waals surface area (Å²) in [6, 6.07) is 14.8. The number of rotatable bonds is 3. The number of hydrogen-bond donors (Lipinski definition) is 2. The highest BCUT2D eigenvalue weighted by Gasteiger charge is 2.15. The number of hydrogen-bond acceptors (Lipinski definition) is 3. The van der Waals surface area contributed by atoms with Crippen molar-refractivity contribution in [3.05, 3.63) is 53.6 Å². The van der Waals surface area contributed by atoms with Crippen LogP contribution in [0.5, 0.6) is 5.75 Å². The van der Waals surface area contributed by atoms with Gasteiger partial charge in [0.05, 0.1) is 7.11 Å². The lowest BCUT2D eigenvalue weighted by Gasteiger charge is -2.22. The average molecular weight is 268 g/mol. The highest BCUT2D eigenvalue weighted by atomic mass is 16.5. The minimum atomic E-state index is 0.319. The van der Waals surface area contributed by atoms with Crippen molar-refractivity contribution in [3.63, 3.8) is 0 Å². The third-order valence-corrected chi connectivity index (χ3v) is 3.83. The average Bonchev–Trinajstić information content (AvgIpc) is 2.47. The molecule has 104 valence electrons. The molecule has 0 heterocycles. The lowest BCUT2D eigenvalue weighted by atomic mass is 9.88. The van der Waals surface area contributed by atoms with Gasteiger partial charge in [-0.25, -0.2) is 0 Å². The number of nitrogens with two attached hydrogens (primary N) is 1. The van der Waals surface area contributed by atoms with Crippen LogP contribution in [0.4, 0.5) is 11.4 Å². The molecule has 3 N–H and O–H groups in total. The summed E-state index contributed by atoms with van der Waals surface area (Å²) >= 11 is 0. The Hall–Kier alpha value is -2.00. The Morgan fingerprint density at radius 2 is 1.95 bits per heavy atom. The van der Waals surface area contributed by atoms with E-state index in [1.165, 1.54) is 11.1 Å². The number of ether oxygens (including phenoxy) is 1. The maximum Gasteiger partial charge on any atom is 0.120 e. The van der Waals surface area contributed by atoms with Gasteiger partial charge in [-0.2, -0.15) is 0 Å². The van der Waals surface area contributed by atoms with E-state index in [4.69, 9.17) is 10.5 Å². The van der Waals surface area contributed by atoms with Gasteiger partial charge in [0, 0.05) is 23.5 Å². The fourth-order valence-electron chi connectivity index (χ4n) is 2.73. The molecule has 3 nitrogen and oxygen atoms in total. The molecule has 0 saturated heterocycles. The van der Waals surface area contributed by atoms with E-state index in [1.807, 2.05) is 24.3 Å². The summed E-state index contributed by atoms with van der Waals surface area (Å²) in [5.74, 6) is 0.860. The first kappa shape index (κ1) is 13.0. The summed E-state index contributed by atoms with van der Waals surface area (Å²) in [6.45, 7) is 0. The molecular weight excluding hydrogens is 248 g/mol. The first-order chi connectivity index (χ1) is 9.74. The Balaban J connectivity index is 1.81. The van der Waals surface area contributed by atoms with E-state index in [0.29, 0.717) is 6.04 Å². The van der Waals surface area contributed by atoms with Gasteiger partial charge in [-0.3, -0.25) is 0 Å². The predicted octanol–water partition coefficient (Wildman–Crippen LogP) is 3.25. The summed E-state index contributed by atoms with van der Waals surface area (Å²) < 4.78 is 5.24. The summed E-state index contributed by atoms with van der Waals surface area (Å²) in [4.78, 5) is 0. The van der Waals surface area contributed by atoms with E-state index in [9.17, 15) is 0 Å². The molecule has 0 amide bonds. The minimum Gasteiger partial charge on any atom is -0.497 e. The fourth-order valence-corrected chi connectivity index (χ4v) is 2.73. The van der Waals surface area contributed by atoms with Gasteiger partial charge in [0.25, 0.3) is 0 Å². The van der Waals surface area contributed by atoms with E-state index in [1.54, 1.807) is 7.11 Å². The van der Waals surface area contributed by atoms with Gasteiger partial charge in [0.2, 0.25) is 0 Å². The van der Waals surface area contributed by atoms with Gasteiger partial charge in [-0.05, 0) is 54.7 Å². The molecule has 1 aliphatic carbocycles. The topological polar surface area (TPSA) is 47.3 Å². The number of anilines is 2. The predicted molar refractivity (Wildman–Crippen MR) is 82.7 cm³/mol. The Labute approximate surface area is 119 Å². The van der Waals surface area contributed by atoms with Crippen LogP contribution in [0.2, 0.25) is 0 Å². The van der Waals surface area contributed by atoms with Crippen LogP contribution in [-0.2, 0) is 12.8 Å². The zero-order chi connectivity index (χ0) is 13.9. The third kappa shape index (κ3) is 2.78. The van der Waals surface area contributed by atoms with Gasteiger partial charge < -0.3 is 15.8 Å². The van der Waals surface area contributed by atoms with E-state index in [-0.39, 0.29) is 0 Å². The summed E-state index contributed by atoms with van der Waals surface area (Å²) in [5, 5.41) is 3.43. The van der Waals surface area contributed by atoms with Gasteiger partial charge in [0.1, 0.15) is 5.75 Å². The lowest BCUT2D eigenvalue weighted by Crippen LogP contribution is -2.27. The zero-order valence-corrected chi connectivity index (χ0v) is 11.7. The van der Waals surface area contributed by atoms with Crippen molar-refractivity contribution in [1.29, 1.82) is 0 Å². The number of aryl methyl sites for hydroxylation is 1. The molecule has 3 rings (SSSR count). The monoisotopic (exact) mass is 268 g/mol. The molecular formula is C17H20N2O. The first-order valence-electron chi connectivity index (χ1n) is 7.03. The van der Waals surface area contributed by atoms with Gasteiger partial charge >= 0.3 is 0 Å². The SMILES string of the molecule is COc1cccc(Nc2ccc3c(c2)CCC(N)C3)c1. The molecule has 0 spiro atoms. The standard InChI is InChI=1S/C17H20N2O/c1-20-17-4-2-3-15(11-17)19-16-8-6-12-9-14(18)7-5-13(12)10-16/h2-4,6,8,10-11,14,19H,5,7,9,18H2,1H3. The second-order valence-electron chi connectivity index (χ2n) is 5.34. The molecule has 3 heteroatoms. The van der Waals surface area contributed by atoms with Crippen LogP contribution in [0, 0.1) is 0 Å². The molecule has 1 unspecified atom stereocenters. The third-order valence-electron chi connectivity index (χ3n) is 3.83. The molecule has 0 aliphatic heterocycles. The van der Waals surface area contributed by atoms with Crippen molar-refractivity contribution in [2.24, 2.45) is 5.73 Å². The van der Waals surface area contributed by atoms with E-state index < -0.39 is 0 Å². The van der Waals surface area contributed by atoms with Crippen molar-refractivity contribution in [1.82, 2.24) is 0 Å². The molecule has 20 heavy (non-hydrogen) atoms. The first-order valence-corrected chi connectivity index (χ1v) is 7.03. The minimum absolute atomic E-state index is 0.319. The second kappa shape index (κ2) is 5.55. The van der Waals surface area contributed by atoms with Gasteiger partial charge in [-0.15, -0.1) is 0 Å². The summed E-state index contributed by atoms with van der Waals surface area (Å²) in [7, 11) is 1.68. The van der Waals surface area contributed by atoms with Crippen LogP contribution < -0.4 is 15.8 Å². The van der Waals surface area contributed by atoms with E-state index in [2.05, 4.69) is 23.5 Å². The Morgan fingerprint density at radius 1 is 1.10 bits per heavy atom. The lowest BCUT2D eigenvalue weighted by molar-refractivity contribution is 0.415. The highest BCUT2D eigenvalue weighted by molar-refractivity contribution is 5.62. The Morgan fingerprint density at radius 3 is 2.80 bits per heavy atom. The van der Waals surface area contributed by atoms with Gasteiger partial charge in [-0.1, -0.05) is 12.1 Å². The summed E-state index contributed by atoms with van der Waals surface area (Å²) in [5.41, 5.74) is 11.0. The molecule has 0 fully saturated rings. The normalized spacial score (nSPS) is 17.4. The van der Waals surface area contributed by atoms with E-state index >= 15 is 0 Å². The summed E-state index contributed by atoms with van der Waals surface area (Å²) in [6.07, 6.45) is 3.15. The maximum atomic E-state index is 6.01. The molecule has 2 aromatic carbocycles. The quantitative estimate of drug-likeness (QED) is 0.898. The highest BCUT2D eigenvalue weighted by Crippen LogP contribution is 2.26. The maximum absolute atomic E-state index is 6.01. The van der Waals surface area contributed by atoms with Crippen LogP contribution in [-0.4, -0.2) is 13.2 Å². The number of fused-ring (bicyclic) bond motifs is 1. The second-order valence-corrected chi connectivity index (χ2v) is 5.34. The fraction of sp³-hybridized carbons (Fsp3) is 0.294. The molecule has 1 aliphatic rings. The number of benzene rings is 2. The van der Waals surface area contributed by atoms with Crippen molar-refractivity contribution < 1.29 is 4.74 Å².